The Hall–Kier alpha value is -1.30. The molecule has 2 heteroatoms. The van der Waals surface area contributed by atoms with Gasteiger partial charge in [-0.25, -0.2) is 0 Å². The molecule has 0 aliphatic heterocycles. The summed E-state index contributed by atoms with van der Waals surface area (Å²) in [7, 11) is 0. The first-order valence-electron chi connectivity index (χ1n) is 4.96. The van der Waals surface area contributed by atoms with Gasteiger partial charge in [0.05, 0.1) is 6.54 Å². The third-order valence-corrected chi connectivity index (χ3v) is 3.68. The van der Waals surface area contributed by atoms with Gasteiger partial charge in [0.2, 0.25) is 0 Å². The van der Waals surface area contributed by atoms with Crippen LogP contribution in [-0.4, -0.2) is 6.54 Å². The van der Waals surface area contributed by atoms with Gasteiger partial charge in [-0.3, -0.25) is 5.32 Å². The van der Waals surface area contributed by atoms with Crippen LogP contribution in [0.4, 0.5) is 0 Å². The molecule has 2 rings (SSSR count). The van der Waals surface area contributed by atoms with Crippen LogP contribution in [0.2, 0.25) is 0 Å². The van der Waals surface area contributed by atoms with E-state index in [9.17, 15) is 0 Å². The second-order valence-electron chi connectivity index (χ2n) is 3.49. The van der Waals surface area contributed by atoms with Crippen LogP contribution in [0.25, 0.3) is 10.1 Å². The summed E-state index contributed by atoms with van der Waals surface area (Å²) in [5.74, 6) is 2.60. The number of terminal acetylenes is 1. The molecule has 0 saturated carbocycles. The first kappa shape index (κ1) is 10.2. The second kappa shape index (κ2) is 4.48. The molecular weight excluding hydrogens is 202 g/mol. The third kappa shape index (κ3) is 2.20. The van der Waals surface area contributed by atoms with Gasteiger partial charge < -0.3 is 0 Å². The number of fused-ring (bicyclic) bond motifs is 1. The first-order valence-corrected chi connectivity index (χ1v) is 5.78. The zero-order chi connectivity index (χ0) is 10.7. The van der Waals surface area contributed by atoms with E-state index in [-0.39, 0.29) is 0 Å². The minimum Gasteiger partial charge on any atom is -0.299 e. The van der Waals surface area contributed by atoms with Crippen LogP contribution in [0.5, 0.6) is 0 Å². The highest BCUT2D eigenvalue weighted by atomic mass is 32.1. The normalized spacial score (nSPS) is 12.5. The van der Waals surface area contributed by atoms with Crippen molar-refractivity contribution in [3.8, 4) is 12.3 Å². The minimum atomic E-state index is 0.332. The van der Waals surface area contributed by atoms with Crippen molar-refractivity contribution in [2.24, 2.45) is 0 Å². The lowest BCUT2D eigenvalue weighted by atomic mass is 10.2. The zero-order valence-corrected chi connectivity index (χ0v) is 9.47. The molecule has 0 radical (unpaired) electrons. The van der Waals surface area contributed by atoms with Crippen LogP contribution in [0.15, 0.2) is 30.3 Å². The van der Waals surface area contributed by atoms with Crippen molar-refractivity contribution in [3.63, 3.8) is 0 Å². The first-order chi connectivity index (χ1) is 7.31. The summed E-state index contributed by atoms with van der Waals surface area (Å²) in [4.78, 5) is 1.34. The van der Waals surface area contributed by atoms with Gasteiger partial charge >= 0.3 is 0 Å². The maximum Gasteiger partial charge on any atom is 0.0578 e. The molecule has 1 aromatic heterocycles. The number of thiophene rings is 1. The summed E-state index contributed by atoms with van der Waals surface area (Å²) < 4.78 is 1.34. The summed E-state index contributed by atoms with van der Waals surface area (Å²) in [5, 5.41) is 4.60. The minimum absolute atomic E-state index is 0.332. The number of rotatable bonds is 3. The molecule has 0 amide bonds. The molecule has 1 heterocycles. The summed E-state index contributed by atoms with van der Waals surface area (Å²) in [6, 6.07) is 11.0. The Morgan fingerprint density at radius 2 is 2.27 bits per heavy atom. The fraction of sp³-hybridized carbons (Fsp3) is 0.231. The van der Waals surface area contributed by atoms with Crippen molar-refractivity contribution >= 4 is 21.4 Å². The fourth-order valence-corrected chi connectivity index (χ4v) is 2.62. The van der Waals surface area contributed by atoms with Crippen LogP contribution in [0.3, 0.4) is 0 Å². The third-order valence-electron chi connectivity index (χ3n) is 2.38. The van der Waals surface area contributed by atoms with Crippen molar-refractivity contribution in [1.82, 2.24) is 5.32 Å². The molecule has 0 fully saturated rings. The van der Waals surface area contributed by atoms with Gasteiger partial charge in [-0.05, 0) is 24.4 Å². The molecule has 1 N–H and O–H groups in total. The maximum atomic E-state index is 5.22. The van der Waals surface area contributed by atoms with E-state index in [0.717, 1.165) is 0 Å². The molecule has 1 unspecified atom stereocenters. The van der Waals surface area contributed by atoms with E-state index in [1.165, 1.54) is 15.0 Å². The van der Waals surface area contributed by atoms with Crippen LogP contribution < -0.4 is 5.32 Å². The van der Waals surface area contributed by atoms with Gasteiger partial charge in [0.25, 0.3) is 0 Å². The Labute approximate surface area is 94.1 Å². The summed E-state index contributed by atoms with van der Waals surface area (Å²) in [6.45, 7) is 2.76. The van der Waals surface area contributed by atoms with Gasteiger partial charge in [0.1, 0.15) is 0 Å². The molecule has 1 aromatic carbocycles. The second-order valence-corrected chi connectivity index (χ2v) is 4.61. The molecule has 0 spiro atoms. The smallest absolute Gasteiger partial charge is 0.0578 e. The number of hydrogen-bond acceptors (Lipinski definition) is 2. The van der Waals surface area contributed by atoms with Crippen LogP contribution in [-0.2, 0) is 0 Å². The maximum absolute atomic E-state index is 5.22. The highest BCUT2D eigenvalue weighted by molar-refractivity contribution is 7.19. The van der Waals surface area contributed by atoms with Gasteiger partial charge in [0.15, 0.2) is 0 Å². The Balaban J connectivity index is 2.25. The largest absolute Gasteiger partial charge is 0.299 e. The van der Waals surface area contributed by atoms with E-state index in [2.05, 4.69) is 48.5 Å². The Bertz CT molecular complexity index is 459. The molecule has 2 aromatic rings. The van der Waals surface area contributed by atoms with Crippen molar-refractivity contribution in [2.75, 3.05) is 6.54 Å². The van der Waals surface area contributed by atoms with E-state index >= 15 is 0 Å². The molecule has 0 aliphatic rings. The highest BCUT2D eigenvalue weighted by Gasteiger charge is 2.07. The number of hydrogen-bond donors (Lipinski definition) is 1. The molecule has 15 heavy (non-hydrogen) atoms. The van der Waals surface area contributed by atoms with Crippen LogP contribution >= 0.6 is 11.3 Å². The SMILES string of the molecule is C#CCNC(C)c1cc2ccccc2s1. The molecule has 0 saturated heterocycles. The molecular formula is C13H13NS. The zero-order valence-electron chi connectivity index (χ0n) is 8.66. The monoisotopic (exact) mass is 215 g/mol. The molecule has 1 atom stereocenters. The number of benzene rings is 1. The van der Waals surface area contributed by atoms with Crippen molar-refractivity contribution < 1.29 is 0 Å². The van der Waals surface area contributed by atoms with E-state index in [1.54, 1.807) is 0 Å². The average Bonchev–Trinajstić information content (AvgIpc) is 2.69. The summed E-state index contributed by atoms with van der Waals surface area (Å²) >= 11 is 1.82. The lowest BCUT2D eigenvalue weighted by Crippen LogP contribution is -2.17. The highest BCUT2D eigenvalue weighted by Crippen LogP contribution is 2.29. The molecule has 0 aliphatic carbocycles. The predicted molar refractivity (Wildman–Crippen MR) is 67.1 cm³/mol. The fourth-order valence-electron chi connectivity index (χ4n) is 1.53. The van der Waals surface area contributed by atoms with Crippen molar-refractivity contribution in [1.29, 1.82) is 0 Å². The Morgan fingerprint density at radius 3 is 3.00 bits per heavy atom. The van der Waals surface area contributed by atoms with Crippen molar-refractivity contribution in [3.05, 3.63) is 35.2 Å². The van der Waals surface area contributed by atoms with E-state index in [4.69, 9.17) is 6.42 Å². The van der Waals surface area contributed by atoms with E-state index in [1.807, 2.05) is 11.3 Å². The van der Waals surface area contributed by atoms with Gasteiger partial charge in [-0.1, -0.05) is 24.1 Å². The lowest BCUT2D eigenvalue weighted by molar-refractivity contribution is 0.634. The molecule has 0 bridgehead atoms. The van der Waals surface area contributed by atoms with Gasteiger partial charge in [0, 0.05) is 15.6 Å². The molecule has 76 valence electrons. The van der Waals surface area contributed by atoms with Crippen LogP contribution in [0, 0.1) is 12.3 Å². The lowest BCUT2D eigenvalue weighted by Gasteiger charge is -2.08. The van der Waals surface area contributed by atoms with Gasteiger partial charge in [-0.15, -0.1) is 17.8 Å². The van der Waals surface area contributed by atoms with E-state index < -0.39 is 0 Å². The van der Waals surface area contributed by atoms with Gasteiger partial charge in [-0.2, -0.15) is 0 Å². The Morgan fingerprint density at radius 1 is 1.47 bits per heavy atom. The standard InChI is InChI=1S/C13H13NS/c1-3-8-14-10(2)13-9-11-6-4-5-7-12(11)15-13/h1,4-7,9-10,14H,8H2,2H3. The quantitative estimate of drug-likeness (QED) is 0.775. The Kier molecular flexibility index (Phi) is 3.05. The number of nitrogens with one attached hydrogen (secondary N) is 1. The molecule has 1 nitrogen and oxygen atoms in total. The average molecular weight is 215 g/mol. The predicted octanol–water partition coefficient (Wildman–Crippen LogP) is 3.19. The van der Waals surface area contributed by atoms with E-state index in [0.29, 0.717) is 12.6 Å². The summed E-state index contributed by atoms with van der Waals surface area (Å²) in [6.07, 6.45) is 5.22. The topological polar surface area (TPSA) is 12.0 Å². The van der Waals surface area contributed by atoms with Crippen LogP contribution in [0.1, 0.15) is 17.8 Å². The summed E-state index contributed by atoms with van der Waals surface area (Å²) in [5.41, 5.74) is 0. The van der Waals surface area contributed by atoms with Crippen molar-refractivity contribution in [2.45, 2.75) is 13.0 Å².